The van der Waals surface area contributed by atoms with Gasteiger partial charge in [-0.2, -0.15) is 4.98 Å². The number of hydrogen-bond acceptors (Lipinski definition) is 8. The van der Waals surface area contributed by atoms with Crippen molar-refractivity contribution < 1.29 is 14.1 Å². The average molecular weight is 459 g/mol. The van der Waals surface area contributed by atoms with E-state index in [0.29, 0.717) is 39.2 Å². The van der Waals surface area contributed by atoms with E-state index in [4.69, 9.17) is 20.9 Å². The number of thiazole rings is 1. The number of anilines is 2. The average Bonchev–Trinajstić information content (AvgIpc) is 3.31. The molecule has 2 amide bonds. The quantitative estimate of drug-likeness (QED) is 0.413. The van der Waals surface area contributed by atoms with E-state index in [-0.39, 0.29) is 6.10 Å². The van der Waals surface area contributed by atoms with Crippen LogP contribution in [-0.2, 0) is 4.74 Å². The van der Waals surface area contributed by atoms with Crippen LogP contribution >= 0.6 is 22.9 Å². The van der Waals surface area contributed by atoms with Gasteiger partial charge in [0.15, 0.2) is 0 Å². The summed E-state index contributed by atoms with van der Waals surface area (Å²) in [5.74, 6) is 0.815. The second kappa shape index (κ2) is 8.58. The van der Waals surface area contributed by atoms with Crippen LogP contribution in [0.2, 0.25) is 5.02 Å². The van der Waals surface area contributed by atoms with Gasteiger partial charge in [-0.1, -0.05) is 28.1 Å². The van der Waals surface area contributed by atoms with Crippen LogP contribution < -0.4 is 10.6 Å². The van der Waals surface area contributed by atoms with Crippen LogP contribution in [0.25, 0.3) is 21.7 Å². The highest BCUT2D eigenvalue weighted by molar-refractivity contribution is 7.18. The molecule has 1 aromatic carbocycles. The van der Waals surface area contributed by atoms with Crippen molar-refractivity contribution in [2.75, 3.05) is 17.7 Å². The van der Waals surface area contributed by atoms with Gasteiger partial charge in [-0.05, 0) is 32.0 Å². The molecule has 3 heterocycles. The highest BCUT2D eigenvalue weighted by Crippen LogP contribution is 2.34. The molecule has 11 heteroatoms. The molecule has 2 N–H and O–H groups in total. The predicted molar refractivity (Wildman–Crippen MR) is 120 cm³/mol. The molecule has 0 aliphatic heterocycles. The number of hydrogen-bond donors (Lipinski definition) is 2. The van der Waals surface area contributed by atoms with Crippen molar-refractivity contribution in [2.45, 2.75) is 26.9 Å². The van der Waals surface area contributed by atoms with Crippen LogP contribution in [0.15, 0.2) is 28.9 Å². The molecule has 0 unspecified atom stereocenters. The van der Waals surface area contributed by atoms with E-state index in [2.05, 4.69) is 30.7 Å². The molecule has 0 aliphatic rings. The number of methoxy groups -OCH3 is 1. The van der Waals surface area contributed by atoms with E-state index in [1.807, 2.05) is 13.8 Å². The molecule has 4 aromatic rings. The second-order valence-corrected chi connectivity index (χ2v) is 8.41. The maximum atomic E-state index is 12.7. The molecule has 3 aromatic heterocycles. The Bertz CT molecular complexity index is 1270. The number of aromatic nitrogens is 4. The molecule has 0 radical (unpaired) electrons. The largest absolute Gasteiger partial charge is 0.377 e. The van der Waals surface area contributed by atoms with Crippen molar-refractivity contribution in [3.05, 3.63) is 45.9 Å². The Morgan fingerprint density at radius 3 is 2.74 bits per heavy atom. The first-order chi connectivity index (χ1) is 14.8. The van der Waals surface area contributed by atoms with Crippen molar-refractivity contribution in [3.8, 4) is 11.4 Å². The summed E-state index contributed by atoms with van der Waals surface area (Å²) in [4.78, 5) is 26.7. The van der Waals surface area contributed by atoms with Gasteiger partial charge in [0, 0.05) is 35.9 Å². The van der Waals surface area contributed by atoms with E-state index < -0.39 is 6.03 Å². The lowest BCUT2D eigenvalue weighted by Gasteiger charge is -2.16. The molecule has 0 bridgehead atoms. The van der Waals surface area contributed by atoms with Gasteiger partial charge in [0.05, 0.1) is 23.0 Å². The molecule has 0 saturated carbocycles. The molecule has 9 nitrogen and oxygen atoms in total. The number of nitrogens with zero attached hydrogens (tertiary/aromatic N) is 4. The Kier molecular flexibility index (Phi) is 5.86. The van der Waals surface area contributed by atoms with E-state index in [1.165, 1.54) is 11.3 Å². The lowest BCUT2D eigenvalue weighted by molar-refractivity contribution is 0.121. The molecule has 0 spiro atoms. The summed E-state index contributed by atoms with van der Waals surface area (Å²) >= 11 is 7.70. The first-order valence-electron chi connectivity index (χ1n) is 9.32. The van der Waals surface area contributed by atoms with Gasteiger partial charge < -0.3 is 19.9 Å². The Morgan fingerprint density at radius 1 is 1.23 bits per heavy atom. The maximum Gasteiger partial charge on any atom is 0.323 e. The summed E-state index contributed by atoms with van der Waals surface area (Å²) in [6.07, 6.45) is 1.32. The lowest BCUT2D eigenvalue weighted by Crippen LogP contribution is -2.21. The predicted octanol–water partition coefficient (Wildman–Crippen LogP) is 5.36. The minimum absolute atomic E-state index is 0.290. The minimum atomic E-state index is -0.463. The van der Waals surface area contributed by atoms with Gasteiger partial charge in [-0.15, -0.1) is 0 Å². The molecule has 160 valence electrons. The summed E-state index contributed by atoms with van der Waals surface area (Å²) in [5.41, 5.74) is 3.09. The van der Waals surface area contributed by atoms with Gasteiger partial charge in [0.2, 0.25) is 11.7 Å². The zero-order valence-corrected chi connectivity index (χ0v) is 18.8. The van der Waals surface area contributed by atoms with Crippen LogP contribution in [0.3, 0.4) is 0 Å². The van der Waals surface area contributed by atoms with Gasteiger partial charge in [0.25, 0.3) is 0 Å². The number of nitrogens with one attached hydrogen (secondary N) is 2. The molecule has 0 fully saturated rings. The number of fused-ring (bicyclic) bond motifs is 1. The fourth-order valence-electron chi connectivity index (χ4n) is 3.12. The zero-order valence-electron chi connectivity index (χ0n) is 17.2. The first kappa shape index (κ1) is 21.2. The van der Waals surface area contributed by atoms with E-state index >= 15 is 0 Å². The molecule has 0 aliphatic carbocycles. The van der Waals surface area contributed by atoms with Crippen molar-refractivity contribution in [3.63, 3.8) is 0 Å². The van der Waals surface area contributed by atoms with Crippen LogP contribution in [0.5, 0.6) is 0 Å². The molecule has 1 atom stereocenters. The number of pyridine rings is 1. The Hall–Kier alpha value is -3.08. The van der Waals surface area contributed by atoms with Gasteiger partial charge in [-0.3, -0.25) is 0 Å². The number of benzene rings is 1. The normalized spacial score (nSPS) is 12.2. The van der Waals surface area contributed by atoms with Gasteiger partial charge in [-0.25, -0.2) is 14.8 Å². The SMILES string of the molecule is CO[C@@H](C)c1c(NC(=O)Nc2cc(Cl)cc(-c3noc(C)n3)c2)cnc2sc(C)nc12. The third-order valence-electron chi connectivity index (χ3n) is 4.52. The summed E-state index contributed by atoms with van der Waals surface area (Å²) < 4.78 is 10.5. The summed E-state index contributed by atoms with van der Waals surface area (Å²) in [7, 11) is 1.60. The fraction of sp³-hybridized carbons (Fsp3) is 0.250. The first-order valence-corrected chi connectivity index (χ1v) is 10.5. The molecular weight excluding hydrogens is 440 g/mol. The molecular formula is C20H19ClN6O3S. The maximum absolute atomic E-state index is 12.7. The Morgan fingerprint density at radius 2 is 2.03 bits per heavy atom. The van der Waals surface area contributed by atoms with Crippen LogP contribution in [0.4, 0.5) is 16.2 Å². The second-order valence-electron chi connectivity index (χ2n) is 6.79. The van der Waals surface area contributed by atoms with E-state index in [1.54, 1.807) is 38.4 Å². The van der Waals surface area contributed by atoms with Crippen molar-refractivity contribution in [2.24, 2.45) is 0 Å². The number of aryl methyl sites for hydroxylation is 2. The third kappa shape index (κ3) is 4.50. The number of urea groups is 1. The van der Waals surface area contributed by atoms with E-state index in [9.17, 15) is 4.79 Å². The number of carbonyl (C=O) groups is 1. The topological polar surface area (TPSA) is 115 Å². The van der Waals surface area contributed by atoms with Crippen LogP contribution in [0.1, 0.15) is 29.5 Å². The number of halogens is 1. The summed E-state index contributed by atoms with van der Waals surface area (Å²) in [6, 6.07) is 4.56. The summed E-state index contributed by atoms with van der Waals surface area (Å²) in [6.45, 7) is 5.50. The highest BCUT2D eigenvalue weighted by Gasteiger charge is 2.20. The highest BCUT2D eigenvalue weighted by atomic mass is 35.5. The third-order valence-corrected chi connectivity index (χ3v) is 5.62. The fourth-order valence-corrected chi connectivity index (χ4v) is 4.13. The Balaban J connectivity index is 1.61. The Labute approximate surface area is 186 Å². The van der Waals surface area contributed by atoms with Crippen molar-refractivity contribution in [1.82, 2.24) is 20.1 Å². The minimum Gasteiger partial charge on any atom is -0.377 e. The molecule has 4 rings (SSSR count). The summed E-state index contributed by atoms with van der Waals surface area (Å²) in [5, 5.41) is 10.8. The van der Waals surface area contributed by atoms with E-state index in [0.717, 1.165) is 15.4 Å². The number of rotatable bonds is 5. The zero-order chi connectivity index (χ0) is 22.1. The van der Waals surface area contributed by atoms with Crippen molar-refractivity contribution >= 4 is 50.7 Å². The monoisotopic (exact) mass is 458 g/mol. The van der Waals surface area contributed by atoms with Crippen LogP contribution in [0, 0.1) is 13.8 Å². The van der Waals surface area contributed by atoms with Gasteiger partial charge >= 0.3 is 6.03 Å². The molecule has 0 saturated heterocycles. The van der Waals surface area contributed by atoms with Gasteiger partial charge in [0.1, 0.15) is 10.3 Å². The van der Waals surface area contributed by atoms with Crippen molar-refractivity contribution in [1.29, 1.82) is 0 Å². The van der Waals surface area contributed by atoms with Crippen LogP contribution in [-0.4, -0.2) is 33.2 Å². The number of carbonyl (C=O) groups excluding carboxylic acids is 1. The number of ether oxygens (including phenoxy) is 1. The standard InChI is InChI=1S/C20H19ClN6O3S/c1-9(29-4)16-15(8-22-19-17(16)24-11(3)31-19)26-20(28)25-14-6-12(5-13(21)7-14)18-23-10(2)30-27-18/h5-9H,1-4H3,(H2,25,26,28)/t9-/m0/s1. The molecule has 31 heavy (non-hydrogen) atoms. The smallest absolute Gasteiger partial charge is 0.323 e. The number of amides is 2. The lowest BCUT2D eigenvalue weighted by atomic mass is 10.1.